The maximum atomic E-state index is 13.1. The van der Waals surface area contributed by atoms with Crippen molar-refractivity contribution in [1.82, 2.24) is 10.2 Å². The van der Waals surface area contributed by atoms with Crippen molar-refractivity contribution < 1.29 is 19.1 Å². The predicted octanol–water partition coefficient (Wildman–Crippen LogP) is 4.20. The van der Waals surface area contributed by atoms with E-state index in [0.717, 1.165) is 31.2 Å². The molecule has 2 amide bonds. The van der Waals surface area contributed by atoms with E-state index in [0.29, 0.717) is 16.5 Å². The molecule has 1 saturated carbocycles. The Balaban J connectivity index is 1.72. The summed E-state index contributed by atoms with van der Waals surface area (Å²) in [6, 6.07) is 13.9. The standard InChI is InChI=1S/C24H29ClN2O4/c1-17(24(29)26-20-9-3-4-10-20)27(15-18-7-5-11-21(13-18)30-2)23(28)16-31-22-12-6-8-19(25)14-22/h5-8,11-14,17,20H,3-4,9-10,15-16H2,1-2H3,(H,26,29)/t17-/m1/s1. The van der Waals surface area contributed by atoms with Crippen LogP contribution in [-0.4, -0.2) is 42.5 Å². The van der Waals surface area contributed by atoms with Gasteiger partial charge < -0.3 is 19.7 Å². The molecule has 1 aliphatic carbocycles. The van der Waals surface area contributed by atoms with Crippen molar-refractivity contribution in [2.45, 2.75) is 51.2 Å². The minimum absolute atomic E-state index is 0.147. The number of hydrogen-bond donors (Lipinski definition) is 1. The summed E-state index contributed by atoms with van der Waals surface area (Å²) in [6.07, 6.45) is 4.22. The summed E-state index contributed by atoms with van der Waals surface area (Å²) in [6.45, 7) is 1.83. The molecule has 0 bridgehead atoms. The summed E-state index contributed by atoms with van der Waals surface area (Å²) in [5, 5.41) is 3.62. The van der Waals surface area contributed by atoms with Gasteiger partial charge in [0.05, 0.1) is 7.11 Å². The van der Waals surface area contributed by atoms with Gasteiger partial charge in [-0.3, -0.25) is 9.59 Å². The van der Waals surface area contributed by atoms with Crippen LogP contribution in [0.3, 0.4) is 0 Å². The van der Waals surface area contributed by atoms with Gasteiger partial charge in [0.25, 0.3) is 5.91 Å². The normalized spacial score (nSPS) is 14.7. The molecular weight excluding hydrogens is 416 g/mol. The average Bonchev–Trinajstić information content (AvgIpc) is 3.28. The zero-order chi connectivity index (χ0) is 22.2. The van der Waals surface area contributed by atoms with E-state index in [-0.39, 0.29) is 31.0 Å². The van der Waals surface area contributed by atoms with Crippen molar-refractivity contribution in [2.75, 3.05) is 13.7 Å². The smallest absolute Gasteiger partial charge is 0.261 e. The molecule has 0 heterocycles. The molecular formula is C24H29ClN2O4. The van der Waals surface area contributed by atoms with E-state index in [2.05, 4.69) is 5.32 Å². The molecule has 31 heavy (non-hydrogen) atoms. The van der Waals surface area contributed by atoms with Crippen molar-refractivity contribution in [3.8, 4) is 11.5 Å². The van der Waals surface area contributed by atoms with Gasteiger partial charge >= 0.3 is 0 Å². The highest BCUT2D eigenvalue weighted by atomic mass is 35.5. The Hall–Kier alpha value is -2.73. The van der Waals surface area contributed by atoms with Crippen LogP contribution in [0.15, 0.2) is 48.5 Å². The van der Waals surface area contributed by atoms with Crippen molar-refractivity contribution in [2.24, 2.45) is 0 Å². The Bertz CT molecular complexity index is 899. The van der Waals surface area contributed by atoms with E-state index in [1.807, 2.05) is 24.3 Å². The number of carbonyl (C=O) groups excluding carboxylic acids is 2. The number of hydrogen-bond acceptors (Lipinski definition) is 4. The number of carbonyl (C=O) groups is 2. The van der Waals surface area contributed by atoms with Gasteiger partial charge in [0.15, 0.2) is 6.61 Å². The summed E-state index contributed by atoms with van der Waals surface area (Å²) < 4.78 is 10.9. The zero-order valence-electron chi connectivity index (χ0n) is 18.0. The van der Waals surface area contributed by atoms with Crippen molar-refractivity contribution >= 4 is 23.4 Å². The topological polar surface area (TPSA) is 67.9 Å². The largest absolute Gasteiger partial charge is 0.497 e. The fraction of sp³-hybridized carbons (Fsp3) is 0.417. The van der Waals surface area contributed by atoms with Gasteiger partial charge in [-0.1, -0.05) is 42.6 Å². The molecule has 0 aliphatic heterocycles. The maximum Gasteiger partial charge on any atom is 0.261 e. The molecule has 1 fully saturated rings. The Labute approximate surface area is 188 Å². The first-order valence-electron chi connectivity index (χ1n) is 10.6. The highest BCUT2D eigenvalue weighted by Crippen LogP contribution is 2.20. The van der Waals surface area contributed by atoms with E-state index in [1.165, 1.54) is 0 Å². The molecule has 3 rings (SSSR count). The molecule has 1 N–H and O–H groups in total. The Morgan fingerprint density at radius 3 is 2.55 bits per heavy atom. The van der Waals surface area contributed by atoms with Crippen molar-refractivity contribution in [1.29, 1.82) is 0 Å². The van der Waals surface area contributed by atoms with Crippen LogP contribution in [0.2, 0.25) is 5.02 Å². The third-order valence-electron chi connectivity index (χ3n) is 5.51. The van der Waals surface area contributed by atoms with Gasteiger partial charge in [-0.2, -0.15) is 0 Å². The van der Waals surface area contributed by atoms with Crippen LogP contribution >= 0.6 is 11.6 Å². The molecule has 6 nitrogen and oxygen atoms in total. The van der Waals surface area contributed by atoms with Crippen LogP contribution in [-0.2, 0) is 16.1 Å². The third kappa shape index (κ3) is 6.62. The summed E-state index contributed by atoms with van der Waals surface area (Å²) >= 11 is 5.99. The lowest BCUT2D eigenvalue weighted by Crippen LogP contribution is -2.50. The van der Waals surface area contributed by atoms with Crippen molar-refractivity contribution in [3.05, 3.63) is 59.1 Å². The van der Waals surface area contributed by atoms with Gasteiger partial charge in [-0.05, 0) is 55.7 Å². The first kappa shape index (κ1) is 22.9. The number of ether oxygens (including phenoxy) is 2. The van der Waals surface area contributed by atoms with Gasteiger partial charge in [0.1, 0.15) is 17.5 Å². The second kappa shape index (κ2) is 11.0. The predicted molar refractivity (Wildman–Crippen MR) is 120 cm³/mol. The van der Waals surface area contributed by atoms with Crippen LogP contribution in [0.5, 0.6) is 11.5 Å². The van der Waals surface area contributed by atoms with Crippen LogP contribution in [0.1, 0.15) is 38.2 Å². The molecule has 0 unspecified atom stereocenters. The lowest BCUT2D eigenvalue weighted by atomic mass is 10.1. The number of nitrogens with zero attached hydrogens (tertiary/aromatic N) is 1. The zero-order valence-corrected chi connectivity index (χ0v) is 18.7. The monoisotopic (exact) mass is 444 g/mol. The Morgan fingerprint density at radius 2 is 1.84 bits per heavy atom. The van der Waals surface area contributed by atoms with Crippen LogP contribution in [0, 0.1) is 0 Å². The molecule has 7 heteroatoms. The van der Waals surface area contributed by atoms with Crippen LogP contribution in [0.25, 0.3) is 0 Å². The van der Waals surface area contributed by atoms with Crippen molar-refractivity contribution in [3.63, 3.8) is 0 Å². The van der Waals surface area contributed by atoms with E-state index in [9.17, 15) is 9.59 Å². The Morgan fingerprint density at radius 1 is 1.13 bits per heavy atom. The van der Waals surface area contributed by atoms with Gasteiger partial charge in [0.2, 0.25) is 5.91 Å². The number of benzene rings is 2. The highest BCUT2D eigenvalue weighted by molar-refractivity contribution is 6.30. The van der Waals surface area contributed by atoms with E-state index < -0.39 is 6.04 Å². The first-order valence-corrected chi connectivity index (χ1v) is 10.9. The highest BCUT2D eigenvalue weighted by Gasteiger charge is 2.28. The summed E-state index contributed by atoms with van der Waals surface area (Å²) in [4.78, 5) is 27.5. The molecule has 1 atom stereocenters. The average molecular weight is 445 g/mol. The molecule has 0 radical (unpaired) electrons. The van der Waals surface area contributed by atoms with Gasteiger partial charge in [0, 0.05) is 17.6 Å². The minimum Gasteiger partial charge on any atom is -0.497 e. The van der Waals surface area contributed by atoms with Gasteiger partial charge in [-0.15, -0.1) is 0 Å². The fourth-order valence-electron chi connectivity index (χ4n) is 3.73. The number of rotatable bonds is 9. The van der Waals surface area contributed by atoms with Gasteiger partial charge in [-0.25, -0.2) is 0 Å². The fourth-order valence-corrected chi connectivity index (χ4v) is 3.91. The van der Waals surface area contributed by atoms with E-state index in [4.69, 9.17) is 21.1 Å². The second-order valence-electron chi connectivity index (χ2n) is 7.79. The summed E-state index contributed by atoms with van der Waals surface area (Å²) in [5.41, 5.74) is 0.871. The molecule has 2 aromatic rings. The molecule has 2 aromatic carbocycles. The number of halogens is 1. The first-order chi connectivity index (χ1) is 15.0. The molecule has 0 saturated heterocycles. The summed E-state index contributed by atoms with van der Waals surface area (Å²) in [7, 11) is 1.60. The van der Waals surface area contributed by atoms with E-state index in [1.54, 1.807) is 43.2 Å². The lowest BCUT2D eigenvalue weighted by molar-refractivity contribution is -0.142. The second-order valence-corrected chi connectivity index (χ2v) is 8.22. The van der Waals surface area contributed by atoms with E-state index >= 15 is 0 Å². The SMILES string of the molecule is COc1cccc(CN(C(=O)COc2cccc(Cl)c2)[C@H](C)C(=O)NC2CCCC2)c1. The number of methoxy groups -OCH3 is 1. The lowest BCUT2D eigenvalue weighted by Gasteiger charge is -2.29. The minimum atomic E-state index is -0.637. The van der Waals surface area contributed by atoms with Crippen LogP contribution in [0.4, 0.5) is 0 Å². The number of amides is 2. The Kier molecular flexibility index (Phi) is 8.18. The molecule has 0 spiro atoms. The van der Waals surface area contributed by atoms with Crippen LogP contribution < -0.4 is 14.8 Å². The molecule has 0 aromatic heterocycles. The molecule has 1 aliphatic rings. The summed E-state index contributed by atoms with van der Waals surface area (Å²) in [5.74, 6) is 0.774. The maximum absolute atomic E-state index is 13.1. The number of nitrogens with one attached hydrogen (secondary N) is 1. The quantitative estimate of drug-likeness (QED) is 0.629. The molecule has 166 valence electrons. The third-order valence-corrected chi connectivity index (χ3v) is 5.75.